The van der Waals surface area contributed by atoms with E-state index in [2.05, 4.69) is 262 Å². The number of rotatable bonds is 15. The van der Waals surface area contributed by atoms with Crippen LogP contribution in [0, 0.1) is 128 Å². The van der Waals surface area contributed by atoms with Crippen LogP contribution in [0.15, 0.2) is 344 Å². The Morgan fingerprint density at radius 1 is 0.270 bits per heavy atom. The molecular formula is C102H54F12N8. The molecule has 0 atom stereocenters. The minimum Gasteiger partial charge on any atom is -0.311 e. The highest BCUT2D eigenvalue weighted by Crippen LogP contribution is 2.58. The first kappa shape index (κ1) is 69.5. The van der Waals surface area contributed by atoms with Crippen LogP contribution in [0.5, 0.6) is 0 Å². The number of nitriles is 4. The maximum Gasteiger partial charge on any atom is 0.262 e. The SMILES string of the molecule is [2H]c1c([2H])c([2H])c(-c2cccc(-c3c([2H])c([2H])c([2H])c([2H])c3[2H])c2)c([2H])c1[2H].[C-]#[N+]C(=C1C(=C(C#N)c2c(F)c(F)c(C#N)c(F)c2F)C1=C(C#N)c1c(F)c(F)c([N+]#[C-])c(F)c1F)c1c(F)c(F)c(C#N)c(F)c1F.c1ccc(-c2ccc(N(c3ccccc3)c3ccc(-c4ccc(-c5ccc(N(c6ccccc6)c6ccc(-c7ccccc7)cc6)cc5)cc4)cc3)cc2)cc1. The van der Waals surface area contributed by atoms with E-state index in [4.69, 9.17) is 37.4 Å². The summed E-state index contributed by atoms with van der Waals surface area (Å²) in [5.41, 5.74) is -4.54. The van der Waals surface area contributed by atoms with Crippen molar-refractivity contribution in [3.63, 3.8) is 0 Å². The lowest BCUT2D eigenvalue weighted by atomic mass is 9.99. The zero-order valence-electron chi connectivity index (χ0n) is 72.5. The lowest BCUT2D eigenvalue weighted by molar-refractivity contribution is 0.446. The number of allylic oxidation sites excluding steroid dienone is 5. The largest absolute Gasteiger partial charge is 0.311 e. The average molecular weight is 1630 g/mol. The van der Waals surface area contributed by atoms with Gasteiger partial charge >= 0.3 is 0 Å². The zero-order valence-corrected chi connectivity index (χ0v) is 62.5. The minimum atomic E-state index is -2.52. The number of hydrogen-bond acceptors (Lipinski definition) is 6. The van der Waals surface area contributed by atoms with Crippen LogP contribution >= 0.6 is 0 Å². The summed E-state index contributed by atoms with van der Waals surface area (Å²) in [6, 6.07) is 91.7. The molecule has 0 unspecified atom stereocenters. The first-order valence-electron chi connectivity index (χ1n) is 41.2. The highest BCUT2D eigenvalue weighted by atomic mass is 19.2. The summed E-state index contributed by atoms with van der Waals surface area (Å²) in [6.07, 6.45) is 0. The quantitative estimate of drug-likeness (QED) is 0.0438. The van der Waals surface area contributed by atoms with Gasteiger partial charge in [0.25, 0.3) is 5.69 Å². The van der Waals surface area contributed by atoms with E-state index in [1.807, 2.05) is 0 Å². The smallest absolute Gasteiger partial charge is 0.262 e. The molecule has 0 radical (unpaired) electrons. The van der Waals surface area contributed by atoms with Crippen molar-refractivity contribution in [2.24, 2.45) is 0 Å². The molecule has 0 saturated heterocycles. The van der Waals surface area contributed by atoms with Crippen LogP contribution in [0.4, 0.5) is 92.5 Å². The summed E-state index contributed by atoms with van der Waals surface area (Å²) < 4.78 is 256. The molecule has 16 rings (SSSR count). The summed E-state index contributed by atoms with van der Waals surface area (Å²) >= 11 is 0. The van der Waals surface area contributed by atoms with E-state index in [-0.39, 0.29) is 35.3 Å². The molecule has 1 fully saturated rings. The Morgan fingerprint density at radius 3 is 0.803 bits per heavy atom. The van der Waals surface area contributed by atoms with Crippen molar-refractivity contribution in [3.8, 4) is 91.0 Å². The van der Waals surface area contributed by atoms with E-state index < -0.39 is 173 Å². The van der Waals surface area contributed by atoms with Crippen molar-refractivity contribution in [2.45, 2.75) is 0 Å². The third-order valence-electron chi connectivity index (χ3n) is 19.3. The summed E-state index contributed by atoms with van der Waals surface area (Å²) in [4.78, 5) is 9.46. The highest BCUT2D eigenvalue weighted by molar-refractivity contribution is 6.11. The Morgan fingerprint density at radius 2 is 0.525 bits per heavy atom. The number of halogens is 12. The average Bonchev–Trinajstić information content (AvgIpc) is 1.54. The Hall–Kier alpha value is -16.8. The summed E-state index contributed by atoms with van der Waals surface area (Å²) in [5.74, 6) is -29.7. The van der Waals surface area contributed by atoms with Crippen LogP contribution in [0.2, 0.25) is 0 Å². The molecule has 0 aliphatic heterocycles. The van der Waals surface area contributed by atoms with Crippen LogP contribution in [-0.2, 0) is 0 Å². The predicted molar refractivity (Wildman–Crippen MR) is 448 cm³/mol. The van der Waals surface area contributed by atoms with Crippen LogP contribution in [0.3, 0.4) is 0 Å². The van der Waals surface area contributed by atoms with E-state index >= 15 is 26.3 Å². The molecule has 122 heavy (non-hydrogen) atoms. The second-order valence-corrected chi connectivity index (χ2v) is 26.3. The second-order valence-electron chi connectivity index (χ2n) is 26.3. The van der Waals surface area contributed by atoms with Gasteiger partial charge in [0.2, 0.25) is 5.70 Å². The lowest BCUT2D eigenvalue weighted by Crippen LogP contribution is -2.09. The maximum absolute atomic E-state index is 15.0. The van der Waals surface area contributed by atoms with Gasteiger partial charge < -0.3 is 9.80 Å². The predicted octanol–water partition coefficient (Wildman–Crippen LogP) is 28.6. The van der Waals surface area contributed by atoms with Crippen molar-refractivity contribution < 1.29 is 66.4 Å². The Kier molecular flexibility index (Phi) is 20.6. The molecule has 0 heterocycles. The minimum absolute atomic E-state index is 0.0137. The molecular weight excluding hydrogens is 1570 g/mol. The first-order valence-corrected chi connectivity index (χ1v) is 36.2. The topological polar surface area (TPSA) is 110 Å². The molecule has 1 aliphatic rings. The molecule has 1 saturated carbocycles. The monoisotopic (exact) mass is 1630 g/mol. The molecule has 0 N–H and O–H groups in total. The van der Waals surface area contributed by atoms with E-state index in [1.165, 1.54) is 50.6 Å². The van der Waals surface area contributed by atoms with Gasteiger partial charge in [-0.05, 0) is 162 Å². The Balaban J connectivity index is 0.000000168. The normalized spacial score (nSPS) is 13.5. The molecule has 0 bridgehead atoms. The Labute approximate surface area is 706 Å². The maximum atomic E-state index is 15.0. The van der Waals surface area contributed by atoms with Crippen molar-refractivity contribution in [2.75, 3.05) is 9.80 Å². The van der Waals surface area contributed by atoms with Gasteiger partial charge in [0.1, 0.15) is 35.4 Å². The lowest BCUT2D eigenvalue weighted by Gasteiger charge is -2.26. The van der Waals surface area contributed by atoms with Gasteiger partial charge in [-0.2, -0.15) is 21.0 Å². The fourth-order valence-corrected chi connectivity index (χ4v) is 13.5. The number of hydrogen-bond donors (Lipinski definition) is 0. The molecule has 15 aromatic rings. The molecule has 0 aromatic heterocycles. The van der Waals surface area contributed by atoms with Crippen LogP contribution in [-0.4, -0.2) is 0 Å². The van der Waals surface area contributed by atoms with Crippen molar-refractivity contribution in [1.82, 2.24) is 0 Å². The molecule has 586 valence electrons. The van der Waals surface area contributed by atoms with E-state index in [0.29, 0.717) is 11.1 Å². The third-order valence-corrected chi connectivity index (χ3v) is 19.3. The van der Waals surface area contributed by atoms with E-state index in [9.17, 15) is 36.9 Å². The number of benzene rings is 15. The standard InChI is InChI=1S/C54H40N2.C30F12N6.C18H14/c1-5-13-41(14-6-1)45-25-33-51(34-26-45)55(49-17-9-3-10-18-49)53-37-29-47(30-38-53)43-21-23-44(24-22-43)48-31-39-54(40-32-48)56(50-19-11-4-12-20-50)52-35-27-46(28-36-52)42-15-7-2-8-16-42;1-47-29(16-25(39)19(33)10(6-46)20(34)26(16)40)15-11(7(3-43)13-21(35)17(31)9(5-45)18(32)22(13)36)12(15)8(4-44)14-23(37)27(41)30(48-2)28(42)24(14)38;1-3-8-15(9-4-1)17-12-7-13-18(14-17)16-10-5-2-6-11-16/h1-40H;;1-14H/i;;1D,2D,3D,4D,5D,6D,8D,9D,10D,11D. The number of nitrogens with zero attached hydrogens (tertiary/aromatic N) is 8. The summed E-state index contributed by atoms with van der Waals surface area (Å²) in [5, 5.41) is 37.3. The van der Waals surface area contributed by atoms with E-state index in [1.54, 1.807) is 18.2 Å². The first-order chi connectivity index (χ1) is 63.5. The molecule has 8 nitrogen and oxygen atoms in total. The van der Waals surface area contributed by atoms with Crippen LogP contribution < -0.4 is 9.80 Å². The highest BCUT2D eigenvalue weighted by Gasteiger charge is 2.46. The third kappa shape index (κ3) is 16.3. The van der Waals surface area contributed by atoms with Crippen LogP contribution in [0.25, 0.3) is 93.3 Å². The van der Waals surface area contributed by atoms with Gasteiger partial charge in [0.05, 0.1) is 54.7 Å². The van der Waals surface area contributed by atoms with Gasteiger partial charge in [0.15, 0.2) is 69.8 Å². The Bertz CT molecular complexity index is 6870. The zero-order chi connectivity index (χ0) is 94.5. The second kappa shape index (κ2) is 36.2. The molecule has 20 heteroatoms. The van der Waals surface area contributed by atoms with Gasteiger partial charge in [-0.15, -0.1) is 0 Å². The number of para-hydroxylation sites is 2. The summed E-state index contributed by atoms with van der Waals surface area (Å²) in [7, 11) is 0. The van der Waals surface area contributed by atoms with Gasteiger partial charge in [-0.25, -0.2) is 62.4 Å². The fourth-order valence-electron chi connectivity index (χ4n) is 13.5. The molecule has 0 amide bonds. The van der Waals surface area contributed by atoms with Crippen LogP contribution in [0.1, 0.15) is 41.5 Å². The van der Waals surface area contributed by atoms with Gasteiger partial charge in [-0.3, -0.25) is 0 Å². The van der Waals surface area contributed by atoms with Gasteiger partial charge in [0, 0.05) is 34.1 Å². The summed E-state index contributed by atoms with van der Waals surface area (Å²) in [6.45, 7) is 14.1. The molecule has 1 aliphatic carbocycles. The van der Waals surface area contributed by atoms with Crippen molar-refractivity contribution >= 4 is 56.7 Å². The van der Waals surface area contributed by atoms with Crippen molar-refractivity contribution in [3.05, 3.63) is 465 Å². The fraction of sp³-hybridized carbons (Fsp3) is 0. The molecule has 0 spiro atoms. The number of anilines is 6. The van der Waals surface area contributed by atoms with Crippen molar-refractivity contribution in [1.29, 1.82) is 21.0 Å². The molecule has 15 aromatic carbocycles. The van der Waals surface area contributed by atoms with Gasteiger partial charge in [-0.1, -0.05) is 248 Å². The van der Waals surface area contributed by atoms with E-state index in [0.717, 1.165) is 58.4 Å².